The summed E-state index contributed by atoms with van der Waals surface area (Å²) in [4.78, 5) is 27.7. The maximum Gasteiger partial charge on any atom is 0.276 e. The molecule has 1 aliphatic heterocycles. The lowest BCUT2D eigenvalue weighted by Gasteiger charge is -2.13. The quantitative estimate of drug-likeness (QED) is 0.652. The molecule has 140 valence electrons. The molecule has 0 radical (unpaired) electrons. The minimum absolute atomic E-state index is 0.192. The second-order valence-electron chi connectivity index (χ2n) is 6.54. The SMILES string of the molecule is C=C1C=C(c2cc(=O)n(C)cc2-c2cnn(-c3ccccc3C#N)c2)C=NC1=O. The minimum Gasteiger partial charge on any atom is -0.318 e. The number of nitrogens with zero attached hydrogens (tertiary/aromatic N) is 5. The van der Waals surface area contributed by atoms with Gasteiger partial charge in [-0.05, 0) is 23.8 Å². The molecule has 0 unspecified atom stereocenters. The summed E-state index contributed by atoms with van der Waals surface area (Å²) in [5, 5.41) is 13.7. The van der Waals surface area contributed by atoms with Crippen LogP contribution in [0.5, 0.6) is 0 Å². The molecule has 0 spiro atoms. The average molecular weight is 381 g/mol. The van der Waals surface area contributed by atoms with Crippen LogP contribution in [0, 0.1) is 11.3 Å². The van der Waals surface area contributed by atoms with Crippen LogP contribution < -0.4 is 5.56 Å². The zero-order valence-corrected chi connectivity index (χ0v) is 15.5. The molecule has 3 aromatic rings. The number of amides is 1. The van der Waals surface area contributed by atoms with Crippen molar-refractivity contribution in [1.29, 1.82) is 5.26 Å². The van der Waals surface area contributed by atoms with Gasteiger partial charge in [-0.3, -0.25) is 9.59 Å². The van der Waals surface area contributed by atoms with Crippen molar-refractivity contribution in [3.8, 4) is 22.9 Å². The number of hydrogen-bond donors (Lipinski definition) is 0. The van der Waals surface area contributed by atoms with Gasteiger partial charge in [-0.1, -0.05) is 18.7 Å². The van der Waals surface area contributed by atoms with E-state index in [0.29, 0.717) is 22.4 Å². The number of aliphatic imine (C=N–C) groups is 1. The lowest BCUT2D eigenvalue weighted by atomic mass is 9.96. The van der Waals surface area contributed by atoms with E-state index in [1.165, 1.54) is 16.8 Å². The fraction of sp³-hybridized carbons (Fsp3) is 0.0455. The molecular formula is C22H15N5O2. The van der Waals surface area contributed by atoms with Crippen LogP contribution in [0.3, 0.4) is 0 Å². The average Bonchev–Trinajstić information content (AvgIpc) is 3.21. The Balaban J connectivity index is 1.87. The molecule has 2 aromatic heterocycles. The Labute approximate surface area is 166 Å². The van der Waals surface area contributed by atoms with E-state index in [1.807, 2.05) is 12.1 Å². The van der Waals surface area contributed by atoms with Gasteiger partial charge in [-0.25, -0.2) is 9.67 Å². The van der Waals surface area contributed by atoms with Gasteiger partial charge in [0.15, 0.2) is 0 Å². The Hall–Kier alpha value is -4.31. The van der Waals surface area contributed by atoms with Crippen molar-refractivity contribution in [2.75, 3.05) is 0 Å². The van der Waals surface area contributed by atoms with Gasteiger partial charge in [-0.2, -0.15) is 10.4 Å². The third kappa shape index (κ3) is 3.24. The summed E-state index contributed by atoms with van der Waals surface area (Å²) < 4.78 is 3.09. The van der Waals surface area contributed by atoms with Gasteiger partial charge >= 0.3 is 0 Å². The predicted molar refractivity (Wildman–Crippen MR) is 110 cm³/mol. The van der Waals surface area contributed by atoms with Crippen LogP contribution in [0.2, 0.25) is 0 Å². The number of dihydropyridines is 1. The van der Waals surface area contributed by atoms with Gasteiger partial charge in [0.05, 0.1) is 17.4 Å². The Morgan fingerprint density at radius 1 is 1.14 bits per heavy atom. The molecule has 0 fully saturated rings. The molecule has 1 aromatic carbocycles. The highest BCUT2D eigenvalue weighted by molar-refractivity contribution is 6.21. The van der Waals surface area contributed by atoms with E-state index in [2.05, 4.69) is 22.7 Å². The Kier molecular flexibility index (Phi) is 4.37. The van der Waals surface area contributed by atoms with Crippen LogP contribution in [-0.2, 0) is 11.8 Å². The molecule has 29 heavy (non-hydrogen) atoms. The highest BCUT2D eigenvalue weighted by Crippen LogP contribution is 2.29. The maximum atomic E-state index is 12.3. The van der Waals surface area contributed by atoms with E-state index in [9.17, 15) is 14.9 Å². The first-order valence-corrected chi connectivity index (χ1v) is 8.72. The van der Waals surface area contributed by atoms with Crippen molar-refractivity contribution in [3.05, 3.63) is 88.6 Å². The summed E-state index contributed by atoms with van der Waals surface area (Å²) in [5.74, 6) is -0.403. The molecule has 1 aliphatic rings. The second kappa shape index (κ2) is 7.02. The molecule has 7 nitrogen and oxygen atoms in total. The van der Waals surface area contributed by atoms with Crippen LogP contribution in [0.4, 0.5) is 0 Å². The number of allylic oxidation sites excluding steroid dienone is 1. The van der Waals surface area contributed by atoms with Gasteiger partial charge in [0.25, 0.3) is 11.5 Å². The molecule has 0 bridgehead atoms. The molecule has 3 heterocycles. The zero-order valence-electron chi connectivity index (χ0n) is 15.5. The van der Waals surface area contributed by atoms with Gasteiger partial charge in [0.2, 0.25) is 0 Å². The summed E-state index contributed by atoms with van der Waals surface area (Å²) >= 11 is 0. The topological polar surface area (TPSA) is 93.0 Å². The third-order valence-corrected chi connectivity index (χ3v) is 4.63. The maximum absolute atomic E-state index is 12.3. The second-order valence-corrected chi connectivity index (χ2v) is 6.54. The Morgan fingerprint density at radius 2 is 1.93 bits per heavy atom. The van der Waals surface area contributed by atoms with Crippen LogP contribution in [0.1, 0.15) is 11.1 Å². The van der Waals surface area contributed by atoms with Crippen LogP contribution in [0.15, 0.2) is 76.9 Å². The summed E-state index contributed by atoms with van der Waals surface area (Å²) in [7, 11) is 1.66. The van der Waals surface area contributed by atoms with Gasteiger partial charge in [0, 0.05) is 54.0 Å². The van der Waals surface area contributed by atoms with E-state index in [0.717, 1.165) is 11.1 Å². The number of aryl methyl sites for hydroxylation is 1. The molecule has 1 amide bonds. The number of carbonyl (C=O) groups is 1. The fourth-order valence-corrected chi connectivity index (χ4v) is 3.11. The van der Waals surface area contributed by atoms with Crippen LogP contribution >= 0.6 is 0 Å². The van der Waals surface area contributed by atoms with E-state index in [-0.39, 0.29) is 11.1 Å². The summed E-state index contributed by atoms with van der Waals surface area (Å²) in [5.41, 5.74) is 3.96. The molecule has 4 rings (SSSR count). The van der Waals surface area contributed by atoms with Crippen LogP contribution in [-0.4, -0.2) is 26.5 Å². The van der Waals surface area contributed by atoms with Crippen molar-refractivity contribution >= 4 is 17.7 Å². The summed E-state index contributed by atoms with van der Waals surface area (Å²) in [6.45, 7) is 3.71. The molecule has 0 saturated carbocycles. The summed E-state index contributed by atoms with van der Waals surface area (Å²) in [6, 6.07) is 10.8. The first-order chi connectivity index (χ1) is 14.0. The van der Waals surface area contributed by atoms with Gasteiger partial charge in [0.1, 0.15) is 6.07 Å². The first kappa shape index (κ1) is 18.1. The highest BCUT2D eigenvalue weighted by Gasteiger charge is 2.17. The standard InChI is InChI=1S/C22H15N5O2/c1-14-7-16(10-24-22(14)29)18-8-21(28)26(2)13-19(18)17-11-25-27(12-17)20-6-4-3-5-15(20)9-23/h3-8,10-13H,1H2,2H3. The number of aromatic nitrogens is 3. The number of pyridine rings is 1. The number of benzene rings is 1. The fourth-order valence-electron chi connectivity index (χ4n) is 3.11. The lowest BCUT2D eigenvalue weighted by molar-refractivity contribution is -0.114. The van der Waals surface area contributed by atoms with E-state index < -0.39 is 5.91 Å². The van der Waals surface area contributed by atoms with Gasteiger partial charge in [-0.15, -0.1) is 0 Å². The molecule has 0 N–H and O–H groups in total. The zero-order chi connectivity index (χ0) is 20.5. The van der Waals surface area contributed by atoms with Crippen molar-refractivity contribution in [2.45, 2.75) is 0 Å². The number of carbonyl (C=O) groups excluding carboxylic acids is 1. The summed E-state index contributed by atoms with van der Waals surface area (Å²) in [6.07, 6.45) is 8.22. The predicted octanol–water partition coefficient (Wildman–Crippen LogP) is 2.66. The monoisotopic (exact) mass is 381 g/mol. The molecular weight excluding hydrogens is 366 g/mol. The number of rotatable bonds is 3. The lowest BCUT2D eigenvalue weighted by Crippen LogP contribution is -2.17. The molecule has 0 atom stereocenters. The number of para-hydroxylation sites is 1. The van der Waals surface area contributed by atoms with Crippen molar-refractivity contribution in [2.24, 2.45) is 12.0 Å². The Bertz CT molecular complexity index is 1330. The normalized spacial score (nSPS) is 13.3. The van der Waals surface area contributed by atoms with Crippen LogP contribution in [0.25, 0.3) is 22.4 Å². The first-order valence-electron chi connectivity index (χ1n) is 8.72. The highest BCUT2D eigenvalue weighted by atomic mass is 16.1. The van der Waals surface area contributed by atoms with Crippen molar-refractivity contribution in [1.82, 2.24) is 14.3 Å². The molecule has 7 heteroatoms. The minimum atomic E-state index is -0.403. The number of hydrogen-bond acceptors (Lipinski definition) is 4. The van der Waals surface area contributed by atoms with Crippen molar-refractivity contribution in [3.63, 3.8) is 0 Å². The Morgan fingerprint density at radius 3 is 2.69 bits per heavy atom. The van der Waals surface area contributed by atoms with E-state index >= 15 is 0 Å². The van der Waals surface area contributed by atoms with E-state index in [1.54, 1.807) is 48.5 Å². The largest absolute Gasteiger partial charge is 0.318 e. The smallest absolute Gasteiger partial charge is 0.276 e. The third-order valence-electron chi connectivity index (χ3n) is 4.63. The van der Waals surface area contributed by atoms with Crippen molar-refractivity contribution < 1.29 is 4.79 Å². The van der Waals surface area contributed by atoms with E-state index in [4.69, 9.17) is 0 Å². The van der Waals surface area contributed by atoms with Gasteiger partial charge < -0.3 is 4.57 Å². The molecule has 0 aliphatic carbocycles. The molecule has 0 saturated heterocycles. The number of nitriles is 1.